The second-order valence-corrected chi connectivity index (χ2v) is 4.22. The number of esters is 1. The predicted octanol–water partition coefficient (Wildman–Crippen LogP) is 1.07. The summed E-state index contributed by atoms with van der Waals surface area (Å²) in [6.45, 7) is 2.79. The molecule has 0 aromatic heterocycles. The van der Waals surface area contributed by atoms with Crippen LogP contribution in [0, 0.1) is 11.8 Å². The van der Waals surface area contributed by atoms with Crippen molar-refractivity contribution in [2.45, 2.75) is 19.8 Å². The van der Waals surface area contributed by atoms with Gasteiger partial charge in [-0.25, -0.2) is 0 Å². The second kappa shape index (κ2) is 9.56. The number of nitrogens with one attached hydrogen (secondary N) is 1. The van der Waals surface area contributed by atoms with E-state index in [1.165, 1.54) is 0 Å². The van der Waals surface area contributed by atoms with Gasteiger partial charge in [-0.05, 0) is 25.5 Å². The van der Waals surface area contributed by atoms with Crippen molar-refractivity contribution < 1.29 is 14.3 Å². The highest BCUT2D eigenvalue weighted by Crippen LogP contribution is 2.07. The number of amides is 1. The molecule has 0 unspecified atom stereocenters. The van der Waals surface area contributed by atoms with Crippen LogP contribution < -0.4 is 11.1 Å². The number of hydrogen-bond acceptors (Lipinski definition) is 4. The van der Waals surface area contributed by atoms with Crippen LogP contribution in [0.4, 0.5) is 0 Å². The average Bonchev–Trinajstić information content (AvgIpc) is 2.50. The number of hydrogen-bond donors (Lipinski definition) is 2. The Hall–Kier alpha value is -2.32. The molecule has 0 atom stereocenters. The molecule has 5 heteroatoms. The molecule has 3 N–H and O–H groups in total. The molecule has 0 saturated heterocycles. The Morgan fingerprint density at radius 3 is 2.81 bits per heavy atom. The van der Waals surface area contributed by atoms with Gasteiger partial charge >= 0.3 is 5.97 Å². The van der Waals surface area contributed by atoms with Crippen LogP contribution in [0.25, 0.3) is 0 Å². The third kappa shape index (κ3) is 6.11. The minimum Gasteiger partial charge on any atom is -0.466 e. The molecule has 112 valence electrons. The number of rotatable bonds is 6. The summed E-state index contributed by atoms with van der Waals surface area (Å²) >= 11 is 0. The Bertz CT molecular complexity index is 544. The Labute approximate surface area is 124 Å². The summed E-state index contributed by atoms with van der Waals surface area (Å²) in [5.74, 6) is 5.15. The van der Waals surface area contributed by atoms with Gasteiger partial charge in [0.15, 0.2) is 0 Å². The third-order valence-corrected chi connectivity index (χ3v) is 2.65. The quantitative estimate of drug-likeness (QED) is 0.466. The lowest BCUT2D eigenvalue weighted by atomic mass is 10.1. The average molecular weight is 288 g/mol. The van der Waals surface area contributed by atoms with Crippen LogP contribution in [0.2, 0.25) is 0 Å². The highest BCUT2D eigenvalue weighted by atomic mass is 16.5. The van der Waals surface area contributed by atoms with Crippen molar-refractivity contribution in [3.63, 3.8) is 0 Å². The van der Waals surface area contributed by atoms with Gasteiger partial charge in [0.25, 0.3) is 5.91 Å². The first-order valence-corrected chi connectivity index (χ1v) is 6.90. The van der Waals surface area contributed by atoms with E-state index in [2.05, 4.69) is 17.2 Å². The maximum absolute atomic E-state index is 12.1. The van der Waals surface area contributed by atoms with Gasteiger partial charge in [-0.2, -0.15) is 0 Å². The Balaban J connectivity index is 2.51. The molecule has 0 spiro atoms. The van der Waals surface area contributed by atoms with E-state index >= 15 is 0 Å². The first-order chi connectivity index (χ1) is 10.2. The first kappa shape index (κ1) is 16.7. The highest BCUT2D eigenvalue weighted by Gasteiger charge is 2.09. The summed E-state index contributed by atoms with van der Waals surface area (Å²) in [4.78, 5) is 23.2. The molecule has 1 aromatic rings. The van der Waals surface area contributed by atoms with Crippen LogP contribution >= 0.6 is 0 Å². The largest absolute Gasteiger partial charge is 0.466 e. The van der Waals surface area contributed by atoms with Gasteiger partial charge in [0.05, 0.1) is 18.7 Å². The molecular weight excluding hydrogens is 268 g/mol. The monoisotopic (exact) mass is 288 g/mol. The summed E-state index contributed by atoms with van der Waals surface area (Å²) in [6, 6.07) is 7.08. The van der Waals surface area contributed by atoms with E-state index in [1.54, 1.807) is 25.1 Å². The molecule has 5 nitrogen and oxygen atoms in total. The van der Waals surface area contributed by atoms with Gasteiger partial charge < -0.3 is 15.8 Å². The summed E-state index contributed by atoms with van der Waals surface area (Å²) < 4.78 is 4.82. The molecule has 1 rings (SSSR count). The zero-order chi connectivity index (χ0) is 15.5. The molecule has 21 heavy (non-hydrogen) atoms. The lowest BCUT2D eigenvalue weighted by molar-refractivity contribution is -0.143. The Kier molecular flexibility index (Phi) is 7.62. The van der Waals surface area contributed by atoms with Crippen LogP contribution in [-0.2, 0) is 9.53 Å². The van der Waals surface area contributed by atoms with E-state index in [1.807, 2.05) is 6.07 Å². The molecule has 0 saturated carbocycles. The first-order valence-electron chi connectivity index (χ1n) is 6.90. The van der Waals surface area contributed by atoms with Gasteiger partial charge in [-0.15, -0.1) is 0 Å². The third-order valence-electron chi connectivity index (χ3n) is 2.65. The van der Waals surface area contributed by atoms with Crippen molar-refractivity contribution >= 4 is 11.9 Å². The van der Waals surface area contributed by atoms with Crippen LogP contribution in [0.3, 0.4) is 0 Å². The molecule has 0 fully saturated rings. The lowest BCUT2D eigenvalue weighted by Gasteiger charge is -2.07. The maximum Gasteiger partial charge on any atom is 0.305 e. The number of carbonyl (C=O) groups excluding carboxylic acids is 2. The van der Waals surface area contributed by atoms with Crippen molar-refractivity contribution in [1.82, 2.24) is 5.32 Å². The van der Waals surface area contributed by atoms with Gasteiger partial charge in [0, 0.05) is 18.5 Å². The number of benzene rings is 1. The molecule has 1 amide bonds. The fraction of sp³-hybridized carbons (Fsp3) is 0.375. The van der Waals surface area contributed by atoms with Gasteiger partial charge in [0.1, 0.15) is 0 Å². The van der Waals surface area contributed by atoms with Crippen molar-refractivity contribution in [3.8, 4) is 11.8 Å². The standard InChI is InChI=1S/C16H20N2O3/c1-2-21-15(19)10-6-12-18-16(20)14-9-4-3-7-13(14)8-5-11-17/h3-4,7,9H,2,6,10-12,17H2,1H3,(H,18,20). The van der Waals surface area contributed by atoms with Gasteiger partial charge in [-0.1, -0.05) is 24.0 Å². The normalized spacial score (nSPS) is 9.43. The topological polar surface area (TPSA) is 81.4 Å². The smallest absolute Gasteiger partial charge is 0.305 e. The minimum atomic E-state index is -0.249. The summed E-state index contributed by atoms with van der Waals surface area (Å²) in [7, 11) is 0. The molecule has 1 aromatic carbocycles. The summed E-state index contributed by atoms with van der Waals surface area (Å²) in [6.07, 6.45) is 0.837. The van der Waals surface area contributed by atoms with E-state index in [0.29, 0.717) is 37.1 Å². The van der Waals surface area contributed by atoms with E-state index < -0.39 is 0 Å². The van der Waals surface area contributed by atoms with Crippen molar-refractivity contribution in [2.24, 2.45) is 5.73 Å². The Morgan fingerprint density at radius 1 is 1.33 bits per heavy atom. The minimum absolute atomic E-state index is 0.208. The van der Waals surface area contributed by atoms with Crippen LogP contribution in [-0.4, -0.2) is 31.6 Å². The van der Waals surface area contributed by atoms with E-state index in [-0.39, 0.29) is 18.4 Å². The molecule has 0 radical (unpaired) electrons. The van der Waals surface area contributed by atoms with Crippen molar-refractivity contribution in [1.29, 1.82) is 0 Å². The fourth-order valence-electron chi connectivity index (χ4n) is 1.70. The number of nitrogens with two attached hydrogens (primary N) is 1. The van der Waals surface area contributed by atoms with E-state index in [9.17, 15) is 9.59 Å². The zero-order valence-corrected chi connectivity index (χ0v) is 12.1. The zero-order valence-electron chi connectivity index (χ0n) is 12.1. The van der Waals surface area contributed by atoms with E-state index in [0.717, 1.165) is 0 Å². The van der Waals surface area contributed by atoms with Gasteiger partial charge in [0.2, 0.25) is 0 Å². The lowest BCUT2D eigenvalue weighted by Crippen LogP contribution is -2.25. The van der Waals surface area contributed by atoms with Crippen molar-refractivity contribution in [2.75, 3.05) is 19.7 Å². The van der Waals surface area contributed by atoms with Crippen LogP contribution in [0.15, 0.2) is 24.3 Å². The maximum atomic E-state index is 12.1. The van der Waals surface area contributed by atoms with Crippen LogP contribution in [0.5, 0.6) is 0 Å². The molecule has 0 aliphatic heterocycles. The summed E-state index contributed by atoms with van der Waals surface area (Å²) in [5.41, 5.74) is 6.49. The van der Waals surface area contributed by atoms with E-state index in [4.69, 9.17) is 10.5 Å². The molecule has 0 bridgehead atoms. The molecule has 0 aliphatic rings. The fourth-order valence-corrected chi connectivity index (χ4v) is 1.70. The number of ether oxygens (including phenoxy) is 1. The molecular formula is C16H20N2O3. The molecule has 0 heterocycles. The summed E-state index contributed by atoms with van der Waals surface area (Å²) in [5, 5.41) is 2.77. The number of carbonyl (C=O) groups is 2. The van der Waals surface area contributed by atoms with Crippen LogP contribution in [0.1, 0.15) is 35.7 Å². The van der Waals surface area contributed by atoms with Crippen molar-refractivity contribution in [3.05, 3.63) is 35.4 Å². The predicted molar refractivity (Wildman–Crippen MR) is 80.6 cm³/mol. The highest BCUT2D eigenvalue weighted by molar-refractivity contribution is 5.96. The van der Waals surface area contributed by atoms with Gasteiger partial charge in [-0.3, -0.25) is 9.59 Å². The molecule has 0 aliphatic carbocycles. The Morgan fingerprint density at radius 2 is 2.10 bits per heavy atom. The SMILES string of the molecule is CCOC(=O)CCCNC(=O)c1ccccc1C#CCN. The second-order valence-electron chi connectivity index (χ2n) is 4.22.